The summed E-state index contributed by atoms with van der Waals surface area (Å²) in [4.78, 5) is 16.9. The van der Waals surface area contributed by atoms with E-state index in [2.05, 4.69) is 21.4 Å². The van der Waals surface area contributed by atoms with E-state index in [0.29, 0.717) is 12.3 Å². The molecule has 3 aromatic rings. The van der Waals surface area contributed by atoms with Gasteiger partial charge in [-0.1, -0.05) is 48.2 Å². The van der Waals surface area contributed by atoms with Gasteiger partial charge in [0, 0.05) is 12.2 Å². The van der Waals surface area contributed by atoms with Crippen molar-refractivity contribution in [3.63, 3.8) is 0 Å². The number of carbonyl (C=O) groups is 1. The van der Waals surface area contributed by atoms with E-state index < -0.39 is 0 Å². The van der Waals surface area contributed by atoms with E-state index in [4.69, 9.17) is 0 Å². The number of rotatable bonds is 6. The molecule has 0 saturated heterocycles. The van der Waals surface area contributed by atoms with Gasteiger partial charge in [-0.2, -0.15) is 0 Å². The molecule has 1 heterocycles. The molecule has 0 fully saturated rings. The van der Waals surface area contributed by atoms with Crippen LogP contribution in [0.5, 0.6) is 0 Å². The minimum Gasteiger partial charge on any atom is -0.325 e. The van der Waals surface area contributed by atoms with Gasteiger partial charge < -0.3 is 9.88 Å². The molecule has 5 heteroatoms. The standard InChI is InChI=1S/C19H19N3OS/c1-3-12-22-17-11-7-6-10-16(17)21-19(22)24-13-18(23)20-15-9-5-4-8-14(15)2/h3-11H,1,12-13H2,2H3,(H,20,23). The molecular weight excluding hydrogens is 318 g/mol. The summed E-state index contributed by atoms with van der Waals surface area (Å²) in [5.41, 5.74) is 3.89. The van der Waals surface area contributed by atoms with Gasteiger partial charge in [-0.3, -0.25) is 4.79 Å². The molecule has 24 heavy (non-hydrogen) atoms. The molecule has 0 aliphatic rings. The summed E-state index contributed by atoms with van der Waals surface area (Å²) in [5.74, 6) is 0.279. The number of aryl methyl sites for hydroxylation is 1. The highest BCUT2D eigenvalue weighted by atomic mass is 32.2. The van der Waals surface area contributed by atoms with Crippen LogP contribution in [-0.2, 0) is 11.3 Å². The van der Waals surface area contributed by atoms with E-state index in [0.717, 1.165) is 27.4 Å². The van der Waals surface area contributed by atoms with E-state index in [-0.39, 0.29) is 5.91 Å². The third-order valence-electron chi connectivity index (χ3n) is 3.68. The van der Waals surface area contributed by atoms with Gasteiger partial charge in [0.1, 0.15) is 0 Å². The molecule has 1 aromatic heterocycles. The number of amides is 1. The van der Waals surface area contributed by atoms with E-state index >= 15 is 0 Å². The molecule has 0 unspecified atom stereocenters. The summed E-state index contributed by atoms with van der Waals surface area (Å²) in [6, 6.07) is 15.7. The Morgan fingerprint density at radius 2 is 2.00 bits per heavy atom. The van der Waals surface area contributed by atoms with Crippen LogP contribution in [-0.4, -0.2) is 21.2 Å². The molecule has 0 saturated carbocycles. The molecule has 2 aromatic carbocycles. The lowest BCUT2D eigenvalue weighted by molar-refractivity contribution is -0.113. The zero-order chi connectivity index (χ0) is 16.9. The maximum absolute atomic E-state index is 12.2. The minimum atomic E-state index is -0.0356. The van der Waals surface area contributed by atoms with Crippen molar-refractivity contribution >= 4 is 34.4 Å². The maximum Gasteiger partial charge on any atom is 0.234 e. The lowest BCUT2D eigenvalue weighted by atomic mass is 10.2. The lowest BCUT2D eigenvalue weighted by Gasteiger charge is -2.08. The summed E-state index contributed by atoms with van der Waals surface area (Å²) in [6.45, 7) is 6.45. The number of imidazole rings is 1. The molecular formula is C19H19N3OS. The molecule has 0 bridgehead atoms. The van der Waals surface area contributed by atoms with E-state index in [1.807, 2.05) is 61.5 Å². The fourth-order valence-electron chi connectivity index (χ4n) is 2.50. The fourth-order valence-corrected chi connectivity index (χ4v) is 3.32. The number of carbonyl (C=O) groups excluding carboxylic acids is 1. The first kappa shape index (κ1) is 16.3. The summed E-state index contributed by atoms with van der Waals surface area (Å²) in [5, 5.41) is 3.78. The van der Waals surface area contributed by atoms with Gasteiger partial charge in [-0.15, -0.1) is 6.58 Å². The number of allylic oxidation sites excluding steroid dienone is 1. The highest BCUT2D eigenvalue weighted by Crippen LogP contribution is 2.24. The molecule has 1 N–H and O–H groups in total. The van der Waals surface area contributed by atoms with Gasteiger partial charge in [0.15, 0.2) is 5.16 Å². The van der Waals surface area contributed by atoms with Crippen LogP contribution in [0.3, 0.4) is 0 Å². The molecule has 122 valence electrons. The second-order valence-electron chi connectivity index (χ2n) is 5.43. The van der Waals surface area contributed by atoms with Crippen LogP contribution < -0.4 is 5.32 Å². The number of para-hydroxylation sites is 3. The Kier molecular flexibility index (Phi) is 5.01. The van der Waals surface area contributed by atoms with Gasteiger partial charge in [0.25, 0.3) is 0 Å². The Balaban J connectivity index is 1.73. The van der Waals surface area contributed by atoms with Gasteiger partial charge in [-0.05, 0) is 30.7 Å². The average Bonchev–Trinajstić information content (AvgIpc) is 2.93. The maximum atomic E-state index is 12.2. The van der Waals surface area contributed by atoms with E-state index in [1.165, 1.54) is 11.8 Å². The quantitative estimate of drug-likeness (QED) is 0.540. The van der Waals surface area contributed by atoms with Crippen LogP contribution in [0.25, 0.3) is 11.0 Å². The first-order chi connectivity index (χ1) is 11.7. The second kappa shape index (κ2) is 7.36. The second-order valence-corrected chi connectivity index (χ2v) is 6.38. The van der Waals surface area contributed by atoms with Crippen molar-refractivity contribution in [3.05, 3.63) is 66.7 Å². The number of fused-ring (bicyclic) bond motifs is 1. The highest BCUT2D eigenvalue weighted by Gasteiger charge is 2.12. The van der Waals surface area contributed by atoms with Gasteiger partial charge in [-0.25, -0.2) is 4.98 Å². The predicted octanol–water partition coefficient (Wildman–Crippen LogP) is 4.26. The normalized spacial score (nSPS) is 10.7. The summed E-state index contributed by atoms with van der Waals surface area (Å²) < 4.78 is 2.08. The van der Waals surface area contributed by atoms with Crippen LogP contribution in [0.1, 0.15) is 5.56 Å². The van der Waals surface area contributed by atoms with Crippen molar-refractivity contribution < 1.29 is 4.79 Å². The summed E-state index contributed by atoms with van der Waals surface area (Å²) in [7, 11) is 0. The molecule has 0 aliphatic carbocycles. The molecule has 0 spiro atoms. The first-order valence-electron chi connectivity index (χ1n) is 7.73. The molecule has 4 nitrogen and oxygen atoms in total. The predicted molar refractivity (Wildman–Crippen MR) is 100 cm³/mol. The van der Waals surface area contributed by atoms with Crippen molar-refractivity contribution in [2.75, 3.05) is 11.1 Å². The van der Waals surface area contributed by atoms with Crippen molar-refractivity contribution in [1.82, 2.24) is 9.55 Å². The zero-order valence-corrected chi connectivity index (χ0v) is 14.3. The topological polar surface area (TPSA) is 46.9 Å². The number of anilines is 1. The molecule has 1 amide bonds. The molecule has 0 aliphatic heterocycles. The largest absolute Gasteiger partial charge is 0.325 e. The number of aromatic nitrogens is 2. The summed E-state index contributed by atoms with van der Waals surface area (Å²) >= 11 is 1.44. The Hall–Kier alpha value is -2.53. The number of nitrogens with one attached hydrogen (secondary N) is 1. The van der Waals surface area contributed by atoms with Gasteiger partial charge in [0.05, 0.1) is 16.8 Å². The van der Waals surface area contributed by atoms with Crippen molar-refractivity contribution in [3.8, 4) is 0 Å². The number of hydrogen-bond acceptors (Lipinski definition) is 3. The van der Waals surface area contributed by atoms with E-state index in [1.54, 1.807) is 0 Å². The Morgan fingerprint density at radius 1 is 1.25 bits per heavy atom. The lowest BCUT2D eigenvalue weighted by Crippen LogP contribution is -2.15. The van der Waals surface area contributed by atoms with Crippen LogP contribution in [0.4, 0.5) is 5.69 Å². The minimum absolute atomic E-state index is 0.0356. The molecule has 0 atom stereocenters. The zero-order valence-electron chi connectivity index (χ0n) is 13.5. The third kappa shape index (κ3) is 3.51. The highest BCUT2D eigenvalue weighted by molar-refractivity contribution is 7.99. The van der Waals surface area contributed by atoms with Crippen molar-refractivity contribution in [1.29, 1.82) is 0 Å². The smallest absolute Gasteiger partial charge is 0.234 e. The number of nitrogens with zero attached hydrogens (tertiary/aromatic N) is 2. The van der Waals surface area contributed by atoms with Crippen LogP contribution in [0.15, 0.2) is 66.3 Å². The Labute approximate surface area is 145 Å². The number of thioether (sulfide) groups is 1. The Bertz CT molecular complexity index is 885. The van der Waals surface area contributed by atoms with Crippen LogP contribution in [0, 0.1) is 6.92 Å². The third-order valence-corrected chi connectivity index (χ3v) is 4.66. The molecule has 0 radical (unpaired) electrons. The van der Waals surface area contributed by atoms with Gasteiger partial charge in [0.2, 0.25) is 5.91 Å². The number of benzene rings is 2. The van der Waals surface area contributed by atoms with Crippen LogP contribution >= 0.6 is 11.8 Å². The summed E-state index contributed by atoms with van der Waals surface area (Å²) in [6.07, 6.45) is 1.84. The number of hydrogen-bond donors (Lipinski definition) is 1. The monoisotopic (exact) mass is 337 g/mol. The van der Waals surface area contributed by atoms with E-state index in [9.17, 15) is 4.79 Å². The SMILES string of the molecule is C=CCn1c(SCC(=O)Nc2ccccc2C)nc2ccccc21. The van der Waals surface area contributed by atoms with Gasteiger partial charge >= 0.3 is 0 Å². The van der Waals surface area contributed by atoms with Crippen molar-refractivity contribution in [2.45, 2.75) is 18.6 Å². The van der Waals surface area contributed by atoms with Crippen LogP contribution in [0.2, 0.25) is 0 Å². The molecule has 3 rings (SSSR count). The Morgan fingerprint density at radius 3 is 2.79 bits per heavy atom. The first-order valence-corrected chi connectivity index (χ1v) is 8.72. The fraction of sp³-hybridized carbons (Fsp3) is 0.158. The average molecular weight is 337 g/mol. The van der Waals surface area contributed by atoms with Crippen molar-refractivity contribution in [2.24, 2.45) is 0 Å².